The number of aromatic nitrogens is 1. The number of carbonyl (C=O) groups excluding carboxylic acids is 2. The van der Waals surface area contributed by atoms with Crippen LogP contribution in [0, 0.1) is 6.92 Å². The van der Waals surface area contributed by atoms with Crippen LogP contribution in [0.4, 0.5) is 5.69 Å². The highest BCUT2D eigenvalue weighted by Crippen LogP contribution is 2.39. The second kappa shape index (κ2) is 7.82. The van der Waals surface area contributed by atoms with E-state index in [1.807, 2.05) is 18.2 Å². The van der Waals surface area contributed by atoms with E-state index in [1.165, 1.54) is 4.57 Å². The van der Waals surface area contributed by atoms with E-state index in [9.17, 15) is 14.7 Å². The number of hydrogen-bond acceptors (Lipinski definition) is 6. The predicted molar refractivity (Wildman–Crippen MR) is 110 cm³/mol. The van der Waals surface area contributed by atoms with Gasteiger partial charge in [0.05, 0.1) is 12.1 Å². The maximum Gasteiger partial charge on any atom is 0.331 e. The van der Waals surface area contributed by atoms with Gasteiger partial charge in [-0.1, -0.05) is 36.4 Å². The van der Waals surface area contributed by atoms with E-state index in [0.29, 0.717) is 22.0 Å². The summed E-state index contributed by atoms with van der Waals surface area (Å²) in [6, 6.07) is 14.3. The first-order valence-electron chi connectivity index (χ1n) is 9.41. The molecule has 0 aliphatic heterocycles. The van der Waals surface area contributed by atoms with Gasteiger partial charge in [0.1, 0.15) is 12.1 Å². The normalized spacial score (nSPS) is 11.5. The van der Waals surface area contributed by atoms with Crippen molar-refractivity contribution in [2.24, 2.45) is 10.2 Å². The van der Waals surface area contributed by atoms with Crippen LogP contribution in [0.5, 0.6) is 5.88 Å². The summed E-state index contributed by atoms with van der Waals surface area (Å²) >= 11 is 0. The second-order valence-electron chi connectivity index (χ2n) is 6.64. The summed E-state index contributed by atoms with van der Waals surface area (Å²) in [5.41, 5.74) is 1.92. The monoisotopic (exact) mass is 405 g/mol. The number of fused-ring (bicyclic) bond motifs is 2. The molecule has 0 fully saturated rings. The third kappa shape index (κ3) is 3.32. The van der Waals surface area contributed by atoms with Gasteiger partial charge in [-0.2, -0.15) is 0 Å². The molecule has 0 aliphatic rings. The summed E-state index contributed by atoms with van der Waals surface area (Å²) in [5, 5.41) is 19.8. The van der Waals surface area contributed by atoms with Gasteiger partial charge in [-0.15, -0.1) is 10.2 Å². The molecule has 8 heteroatoms. The molecule has 30 heavy (non-hydrogen) atoms. The molecule has 0 spiro atoms. The van der Waals surface area contributed by atoms with Crippen LogP contribution < -0.4 is 0 Å². The number of azo groups is 1. The summed E-state index contributed by atoms with van der Waals surface area (Å²) in [6.07, 6.45) is 0. The minimum Gasteiger partial charge on any atom is -0.493 e. The van der Waals surface area contributed by atoms with Gasteiger partial charge in [-0.3, -0.25) is 14.2 Å². The molecular formula is C22H19N3O5. The highest BCUT2D eigenvalue weighted by atomic mass is 16.5. The van der Waals surface area contributed by atoms with Crippen molar-refractivity contribution in [1.82, 2.24) is 4.57 Å². The number of hydrogen-bond donors (Lipinski definition) is 1. The SMILES string of the molecule is CCOC(=O)Cn1c(O)c(N=NC(=O)c2oc3ccccc3c2C)c2ccccc21. The lowest BCUT2D eigenvalue weighted by Gasteiger charge is -2.06. The minimum atomic E-state index is -0.662. The number of ether oxygens (including phenoxy) is 1. The number of benzene rings is 2. The van der Waals surface area contributed by atoms with Gasteiger partial charge in [-0.25, -0.2) is 0 Å². The van der Waals surface area contributed by atoms with Gasteiger partial charge in [0.2, 0.25) is 5.88 Å². The molecule has 0 atom stereocenters. The van der Waals surface area contributed by atoms with E-state index >= 15 is 0 Å². The Hall–Kier alpha value is -3.94. The van der Waals surface area contributed by atoms with Crippen LogP contribution in [-0.4, -0.2) is 28.2 Å². The number of nitrogens with zero attached hydrogens (tertiary/aromatic N) is 3. The van der Waals surface area contributed by atoms with Gasteiger partial charge < -0.3 is 14.3 Å². The van der Waals surface area contributed by atoms with E-state index in [4.69, 9.17) is 9.15 Å². The largest absolute Gasteiger partial charge is 0.493 e. The van der Waals surface area contributed by atoms with Crippen LogP contribution in [-0.2, 0) is 16.1 Å². The Morgan fingerprint density at radius 3 is 2.53 bits per heavy atom. The lowest BCUT2D eigenvalue weighted by atomic mass is 10.1. The number of esters is 1. The van der Waals surface area contributed by atoms with Crippen LogP contribution in [0.3, 0.4) is 0 Å². The maximum absolute atomic E-state index is 12.6. The Morgan fingerprint density at radius 1 is 1.10 bits per heavy atom. The Bertz CT molecular complexity index is 1300. The number of amides is 1. The predicted octanol–water partition coefficient (Wildman–Crippen LogP) is 4.89. The highest BCUT2D eigenvalue weighted by Gasteiger charge is 2.21. The van der Waals surface area contributed by atoms with Crippen LogP contribution in [0.25, 0.3) is 21.9 Å². The second-order valence-corrected chi connectivity index (χ2v) is 6.64. The molecule has 4 aromatic rings. The fraction of sp³-hybridized carbons (Fsp3) is 0.182. The standard InChI is InChI=1S/C22H19N3O5/c1-3-29-18(26)12-25-16-10-6-4-9-15(16)19(22(25)28)23-24-21(27)20-13(2)14-8-5-7-11-17(14)30-20/h4-11,28H,3,12H2,1-2H3. The highest BCUT2D eigenvalue weighted by molar-refractivity contribution is 6.00. The zero-order valence-corrected chi connectivity index (χ0v) is 16.5. The molecule has 2 aromatic carbocycles. The summed E-state index contributed by atoms with van der Waals surface area (Å²) in [5.74, 6) is -1.34. The topological polar surface area (TPSA) is 106 Å². The van der Waals surface area contributed by atoms with Crippen molar-refractivity contribution in [2.45, 2.75) is 20.4 Å². The van der Waals surface area contributed by atoms with Gasteiger partial charge in [0, 0.05) is 16.3 Å². The van der Waals surface area contributed by atoms with Crippen molar-refractivity contribution in [3.05, 3.63) is 59.9 Å². The lowest BCUT2D eigenvalue weighted by molar-refractivity contribution is -0.143. The van der Waals surface area contributed by atoms with Crippen molar-refractivity contribution in [3.63, 3.8) is 0 Å². The van der Waals surface area contributed by atoms with Crippen LogP contribution in [0.15, 0.2) is 63.2 Å². The smallest absolute Gasteiger partial charge is 0.331 e. The molecule has 0 saturated carbocycles. The average Bonchev–Trinajstić information content (AvgIpc) is 3.22. The number of furan rings is 1. The Balaban J connectivity index is 1.71. The molecular weight excluding hydrogens is 386 g/mol. The van der Waals surface area contributed by atoms with Gasteiger partial charge >= 0.3 is 11.9 Å². The molecule has 0 radical (unpaired) electrons. The fourth-order valence-corrected chi connectivity index (χ4v) is 3.39. The van der Waals surface area contributed by atoms with E-state index in [2.05, 4.69) is 10.2 Å². The van der Waals surface area contributed by atoms with Crippen molar-refractivity contribution < 1.29 is 23.8 Å². The van der Waals surface area contributed by atoms with Crippen molar-refractivity contribution in [3.8, 4) is 5.88 Å². The third-order valence-electron chi connectivity index (χ3n) is 4.79. The van der Waals surface area contributed by atoms with E-state index < -0.39 is 11.9 Å². The van der Waals surface area contributed by atoms with Crippen molar-refractivity contribution in [1.29, 1.82) is 0 Å². The molecule has 1 amide bonds. The molecule has 0 bridgehead atoms. The summed E-state index contributed by atoms with van der Waals surface area (Å²) in [6.45, 7) is 3.52. The molecule has 2 heterocycles. The maximum atomic E-state index is 12.6. The lowest BCUT2D eigenvalue weighted by Crippen LogP contribution is -2.12. The van der Waals surface area contributed by atoms with Crippen molar-refractivity contribution in [2.75, 3.05) is 6.61 Å². The van der Waals surface area contributed by atoms with E-state index in [0.717, 1.165) is 5.39 Å². The van der Waals surface area contributed by atoms with Gasteiger partial charge in [-0.05, 0) is 26.0 Å². The summed E-state index contributed by atoms with van der Waals surface area (Å²) in [4.78, 5) is 24.5. The average molecular weight is 405 g/mol. The molecule has 4 rings (SSSR count). The van der Waals surface area contributed by atoms with Gasteiger partial charge in [0.15, 0.2) is 11.4 Å². The quantitative estimate of drug-likeness (QED) is 0.376. The number of rotatable bonds is 5. The number of para-hydroxylation sites is 2. The number of aromatic hydroxyl groups is 1. The molecule has 0 aliphatic carbocycles. The number of carbonyl (C=O) groups is 2. The first kappa shape index (κ1) is 19.4. The molecule has 8 nitrogen and oxygen atoms in total. The third-order valence-corrected chi connectivity index (χ3v) is 4.79. The fourth-order valence-electron chi connectivity index (χ4n) is 3.39. The molecule has 0 unspecified atom stereocenters. The van der Waals surface area contributed by atoms with Crippen molar-refractivity contribution >= 4 is 39.4 Å². The zero-order valence-electron chi connectivity index (χ0n) is 16.5. The van der Waals surface area contributed by atoms with Gasteiger partial charge in [0.25, 0.3) is 0 Å². The first-order valence-corrected chi connectivity index (χ1v) is 9.41. The minimum absolute atomic E-state index is 0.0923. The van der Waals surface area contributed by atoms with E-state index in [1.54, 1.807) is 44.2 Å². The summed E-state index contributed by atoms with van der Waals surface area (Å²) in [7, 11) is 0. The molecule has 0 saturated heterocycles. The Morgan fingerprint density at radius 2 is 1.80 bits per heavy atom. The van der Waals surface area contributed by atoms with Crippen LogP contribution in [0.2, 0.25) is 0 Å². The van der Waals surface area contributed by atoms with E-state index in [-0.39, 0.29) is 30.5 Å². The Kier molecular flexibility index (Phi) is 5.05. The Labute approximate surface area is 171 Å². The molecule has 152 valence electrons. The van der Waals surface area contributed by atoms with Crippen LogP contribution in [0.1, 0.15) is 23.0 Å². The first-order chi connectivity index (χ1) is 14.5. The molecule has 2 aromatic heterocycles. The van der Waals surface area contributed by atoms with Crippen LogP contribution >= 0.6 is 0 Å². The zero-order chi connectivity index (χ0) is 21.3. The summed E-state index contributed by atoms with van der Waals surface area (Å²) < 4.78 is 12.0. The molecule has 1 N–H and O–H groups in total. The number of aryl methyl sites for hydroxylation is 1.